The van der Waals surface area contributed by atoms with Crippen molar-refractivity contribution in [3.63, 3.8) is 0 Å². The van der Waals surface area contributed by atoms with Crippen LogP contribution < -0.4 is 16.0 Å². The van der Waals surface area contributed by atoms with E-state index in [1.54, 1.807) is 30.5 Å². The minimum Gasteiger partial charge on any atom is -0.376 e. The number of anilines is 2. The van der Waals surface area contributed by atoms with Crippen LogP contribution in [0.2, 0.25) is 0 Å². The maximum atomic E-state index is 12.4. The summed E-state index contributed by atoms with van der Waals surface area (Å²) in [5, 5.41) is 11.6. The first-order valence-electron chi connectivity index (χ1n) is 8.86. The molecular weight excluding hydrogens is 372 g/mol. The van der Waals surface area contributed by atoms with Gasteiger partial charge in [0, 0.05) is 34.9 Å². The summed E-state index contributed by atoms with van der Waals surface area (Å²) >= 11 is 1.59. The van der Waals surface area contributed by atoms with Crippen LogP contribution in [-0.4, -0.2) is 30.4 Å². The number of hydrogen-bond acceptors (Lipinski definition) is 5. The van der Waals surface area contributed by atoms with Gasteiger partial charge in [-0.2, -0.15) is 0 Å². The van der Waals surface area contributed by atoms with Gasteiger partial charge in [0.1, 0.15) is 0 Å². The number of carbonyl (C=O) groups is 2. The van der Waals surface area contributed by atoms with Crippen LogP contribution in [0.3, 0.4) is 0 Å². The Labute approximate surface area is 168 Å². The van der Waals surface area contributed by atoms with Crippen molar-refractivity contribution >= 4 is 34.5 Å². The van der Waals surface area contributed by atoms with E-state index in [1.807, 2.05) is 49.6 Å². The number of hydrogen-bond donors (Lipinski definition) is 3. The summed E-state index contributed by atoms with van der Waals surface area (Å²) in [4.78, 5) is 28.7. The first-order chi connectivity index (χ1) is 13.5. The van der Waals surface area contributed by atoms with Gasteiger partial charge in [0.15, 0.2) is 0 Å². The van der Waals surface area contributed by atoms with E-state index in [-0.39, 0.29) is 18.4 Å². The first kappa shape index (κ1) is 19.6. The summed E-state index contributed by atoms with van der Waals surface area (Å²) in [6, 6.07) is 13.0. The molecule has 6 nitrogen and oxygen atoms in total. The molecule has 3 N–H and O–H groups in total. The number of carbonyl (C=O) groups excluding carboxylic acids is 2. The van der Waals surface area contributed by atoms with E-state index in [1.165, 1.54) is 0 Å². The highest BCUT2D eigenvalue weighted by molar-refractivity contribution is 7.09. The Balaban J connectivity index is 1.65. The van der Waals surface area contributed by atoms with Crippen molar-refractivity contribution in [2.45, 2.75) is 13.8 Å². The van der Waals surface area contributed by atoms with Crippen molar-refractivity contribution in [3.8, 4) is 11.3 Å². The minimum absolute atomic E-state index is 0.0953. The molecule has 3 aromatic rings. The molecule has 3 rings (SSSR count). The molecular formula is C21H22N4O2S. The maximum Gasteiger partial charge on any atom is 0.251 e. The molecule has 7 heteroatoms. The van der Waals surface area contributed by atoms with E-state index in [9.17, 15) is 9.59 Å². The monoisotopic (exact) mass is 394 g/mol. The number of nitrogens with zero attached hydrogens (tertiary/aromatic N) is 1. The molecule has 2 amide bonds. The number of nitrogens with one attached hydrogen (secondary N) is 3. The average Bonchev–Trinajstić information content (AvgIpc) is 3.13. The number of amides is 2. The second kappa shape index (κ2) is 8.67. The van der Waals surface area contributed by atoms with Crippen molar-refractivity contribution in [2.75, 3.05) is 24.2 Å². The molecule has 0 bridgehead atoms. The third-order valence-electron chi connectivity index (χ3n) is 4.31. The predicted molar refractivity (Wildman–Crippen MR) is 114 cm³/mol. The fourth-order valence-electron chi connectivity index (χ4n) is 2.84. The average molecular weight is 395 g/mol. The molecule has 0 aliphatic rings. The zero-order valence-corrected chi connectivity index (χ0v) is 16.8. The molecule has 0 atom stereocenters. The van der Waals surface area contributed by atoms with Crippen molar-refractivity contribution in [1.29, 1.82) is 0 Å². The third kappa shape index (κ3) is 4.55. The largest absolute Gasteiger partial charge is 0.376 e. The number of thiazole rings is 1. The molecule has 0 saturated heterocycles. The lowest BCUT2D eigenvalue weighted by molar-refractivity contribution is -0.114. The smallest absolute Gasteiger partial charge is 0.251 e. The highest BCUT2D eigenvalue weighted by Gasteiger charge is 2.11. The Bertz CT molecular complexity index is 1010. The van der Waals surface area contributed by atoms with Crippen LogP contribution in [0, 0.1) is 13.8 Å². The molecule has 1 aromatic heterocycles. The van der Waals surface area contributed by atoms with Crippen molar-refractivity contribution in [1.82, 2.24) is 10.3 Å². The second-order valence-corrected chi connectivity index (χ2v) is 7.35. The maximum absolute atomic E-state index is 12.4. The van der Waals surface area contributed by atoms with E-state index in [2.05, 4.69) is 20.9 Å². The van der Waals surface area contributed by atoms with E-state index in [0.717, 1.165) is 27.5 Å². The second-order valence-electron chi connectivity index (χ2n) is 6.29. The zero-order valence-electron chi connectivity index (χ0n) is 16.0. The normalized spacial score (nSPS) is 10.4. The molecule has 0 fully saturated rings. The lowest BCUT2D eigenvalue weighted by Gasteiger charge is -2.13. The highest BCUT2D eigenvalue weighted by atomic mass is 32.1. The molecule has 144 valence electrons. The van der Waals surface area contributed by atoms with E-state index in [4.69, 9.17) is 0 Å². The Morgan fingerprint density at radius 1 is 1.11 bits per heavy atom. The van der Waals surface area contributed by atoms with Crippen LogP contribution in [0.15, 0.2) is 47.8 Å². The van der Waals surface area contributed by atoms with Gasteiger partial charge in [-0.05, 0) is 43.7 Å². The Morgan fingerprint density at radius 3 is 2.61 bits per heavy atom. The molecule has 0 aliphatic heterocycles. The first-order valence-corrected chi connectivity index (χ1v) is 9.74. The standard InChI is InChI=1S/C21H22N4O2S/c1-13-17(21(27)22-3)8-5-9-18(13)23-11-20(26)25-16-7-4-6-15(10-16)19-12-28-14(2)24-19/h4-10,12,23H,11H2,1-3H3,(H,22,27)(H,25,26). The lowest BCUT2D eigenvalue weighted by Crippen LogP contribution is -2.23. The topological polar surface area (TPSA) is 83.1 Å². The van der Waals surface area contributed by atoms with Crippen molar-refractivity contribution < 1.29 is 9.59 Å². The van der Waals surface area contributed by atoms with E-state index >= 15 is 0 Å². The fraction of sp³-hybridized carbons (Fsp3) is 0.190. The Kier molecular flexibility index (Phi) is 6.06. The molecule has 0 saturated carbocycles. The number of benzene rings is 2. The third-order valence-corrected chi connectivity index (χ3v) is 5.08. The summed E-state index contributed by atoms with van der Waals surface area (Å²) in [6.45, 7) is 3.91. The molecule has 1 heterocycles. The van der Waals surface area contributed by atoms with Gasteiger partial charge in [-0.1, -0.05) is 18.2 Å². The molecule has 0 aliphatic carbocycles. The van der Waals surface area contributed by atoms with Crippen LogP contribution in [-0.2, 0) is 4.79 Å². The van der Waals surface area contributed by atoms with Crippen LogP contribution in [0.5, 0.6) is 0 Å². The summed E-state index contributed by atoms with van der Waals surface area (Å²) in [5.74, 6) is -0.323. The van der Waals surface area contributed by atoms with Gasteiger partial charge in [0.25, 0.3) is 5.91 Å². The number of aromatic nitrogens is 1. The summed E-state index contributed by atoms with van der Waals surface area (Å²) in [7, 11) is 1.59. The fourth-order valence-corrected chi connectivity index (χ4v) is 3.46. The number of rotatable bonds is 6. The van der Waals surface area contributed by atoms with Crippen molar-refractivity contribution in [2.24, 2.45) is 0 Å². The van der Waals surface area contributed by atoms with Crippen LogP contribution in [0.25, 0.3) is 11.3 Å². The molecule has 0 unspecified atom stereocenters. The Hall–Kier alpha value is -3.19. The minimum atomic E-state index is -0.170. The summed E-state index contributed by atoms with van der Waals surface area (Å²) in [6.07, 6.45) is 0. The molecule has 2 aromatic carbocycles. The SMILES string of the molecule is CNC(=O)c1cccc(NCC(=O)Nc2cccc(-c3csc(C)n3)c2)c1C. The predicted octanol–water partition coefficient (Wildman–Crippen LogP) is 3.84. The molecule has 28 heavy (non-hydrogen) atoms. The van der Waals surface area contributed by atoms with E-state index in [0.29, 0.717) is 11.3 Å². The molecule has 0 radical (unpaired) electrons. The van der Waals surface area contributed by atoms with Crippen LogP contribution in [0.4, 0.5) is 11.4 Å². The van der Waals surface area contributed by atoms with Gasteiger partial charge in [0.05, 0.1) is 17.2 Å². The van der Waals surface area contributed by atoms with Gasteiger partial charge in [-0.3, -0.25) is 9.59 Å². The molecule has 0 spiro atoms. The van der Waals surface area contributed by atoms with Gasteiger partial charge in [0.2, 0.25) is 5.91 Å². The quantitative estimate of drug-likeness (QED) is 0.593. The van der Waals surface area contributed by atoms with Gasteiger partial charge in [-0.25, -0.2) is 4.98 Å². The van der Waals surface area contributed by atoms with Crippen LogP contribution >= 0.6 is 11.3 Å². The van der Waals surface area contributed by atoms with Gasteiger partial charge in [-0.15, -0.1) is 11.3 Å². The van der Waals surface area contributed by atoms with Crippen LogP contribution in [0.1, 0.15) is 20.9 Å². The highest BCUT2D eigenvalue weighted by Crippen LogP contribution is 2.24. The Morgan fingerprint density at radius 2 is 1.89 bits per heavy atom. The van der Waals surface area contributed by atoms with Crippen molar-refractivity contribution in [3.05, 3.63) is 64.0 Å². The zero-order chi connectivity index (χ0) is 20.1. The van der Waals surface area contributed by atoms with Gasteiger partial charge >= 0.3 is 0 Å². The van der Waals surface area contributed by atoms with E-state index < -0.39 is 0 Å². The summed E-state index contributed by atoms with van der Waals surface area (Å²) < 4.78 is 0. The summed E-state index contributed by atoms with van der Waals surface area (Å²) in [5.41, 5.74) is 4.71. The van der Waals surface area contributed by atoms with Gasteiger partial charge < -0.3 is 16.0 Å². The number of aryl methyl sites for hydroxylation is 1. The lowest BCUT2D eigenvalue weighted by atomic mass is 10.1.